The molecule has 1 aliphatic heterocycles. The second-order valence-corrected chi connectivity index (χ2v) is 6.77. The van der Waals surface area contributed by atoms with E-state index in [1.807, 2.05) is 18.2 Å². The predicted molar refractivity (Wildman–Crippen MR) is 110 cm³/mol. The van der Waals surface area contributed by atoms with Gasteiger partial charge >= 0.3 is 0 Å². The Morgan fingerprint density at radius 1 is 1.26 bits per heavy atom. The lowest BCUT2D eigenvalue weighted by Crippen LogP contribution is -2.38. The summed E-state index contributed by atoms with van der Waals surface area (Å²) in [6.45, 7) is 5.98. The summed E-state index contributed by atoms with van der Waals surface area (Å²) in [6.07, 6.45) is 5.00. The lowest BCUT2D eigenvalue weighted by atomic mass is 10.1. The van der Waals surface area contributed by atoms with Crippen LogP contribution in [0.15, 0.2) is 40.9 Å². The van der Waals surface area contributed by atoms with E-state index in [-0.39, 0.29) is 5.91 Å². The van der Waals surface area contributed by atoms with Crippen molar-refractivity contribution in [1.29, 1.82) is 0 Å². The molecule has 0 unspecified atom stereocenters. The lowest BCUT2D eigenvalue weighted by molar-refractivity contribution is 0.0827. The minimum atomic E-state index is 0.0297. The standard InChI is InChI=1S/C21H32N4O2/c1-4-22-21(23-12-8-17-10-14-27-15-11-17)24-13-9-18-6-5-7-19(16-18)20(26)25(2)3/h5-7,10,16H,4,8-9,11-15H2,1-3H3,(H2,22,23,24). The first-order valence-corrected chi connectivity index (χ1v) is 9.68. The number of nitrogens with one attached hydrogen (secondary N) is 2. The number of rotatable bonds is 8. The molecule has 0 radical (unpaired) electrons. The molecule has 27 heavy (non-hydrogen) atoms. The fourth-order valence-corrected chi connectivity index (χ4v) is 2.89. The molecule has 1 aromatic rings. The van der Waals surface area contributed by atoms with Gasteiger partial charge in [0.1, 0.15) is 0 Å². The molecule has 0 spiro atoms. The molecular weight excluding hydrogens is 340 g/mol. The third kappa shape index (κ3) is 7.43. The van der Waals surface area contributed by atoms with Gasteiger partial charge in [0.15, 0.2) is 5.96 Å². The third-order valence-electron chi connectivity index (χ3n) is 4.39. The van der Waals surface area contributed by atoms with Crippen molar-refractivity contribution in [3.8, 4) is 0 Å². The third-order valence-corrected chi connectivity index (χ3v) is 4.39. The summed E-state index contributed by atoms with van der Waals surface area (Å²) in [5.41, 5.74) is 3.30. The number of aliphatic imine (C=N–C) groups is 1. The molecule has 0 saturated heterocycles. The van der Waals surface area contributed by atoms with Crippen molar-refractivity contribution in [2.75, 3.05) is 46.9 Å². The zero-order valence-electron chi connectivity index (χ0n) is 16.8. The minimum absolute atomic E-state index is 0.0297. The van der Waals surface area contributed by atoms with Crippen molar-refractivity contribution in [1.82, 2.24) is 15.5 Å². The normalized spacial score (nSPS) is 14.5. The fraction of sp³-hybridized carbons (Fsp3) is 0.524. The van der Waals surface area contributed by atoms with Crippen LogP contribution in [0, 0.1) is 0 Å². The number of carbonyl (C=O) groups is 1. The van der Waals surface area contributed by atoms with Crippen LogP contribution in [0.5, 0.6) is 0 Å². The molecule has 1 amide bonds. The van der Waals surface area contributed by atoms with E-state index in [0.29, 0.717) is 0 Å². The molecule has 0 bridgehead atoms. The molecule has 1 aliphatic rings. The summed E-state index contributed by atoms with van der Waals surface area (Å²) in [5.74, 6) is 0.868. The van der Waals surface area contributed by atoms with Gasteiger partial charge in [0.2, 0.25) is 0 Å². The molecule has 0 saturated carbocycles. The van der Waals surface area contributed by atoms with Gasteiger partial charge in [-0.3, -0.25) is 9.79 Å². The monoisotopic (exact) mass is 372 g/mol. The molecule has 6 heteroatoms. The van der Waals surface area contributed by atoms with Gasteiger partial charge in [0.05, 0.1) is 13.2 Å². The number of ether oxygens (including phenoxy) is 1. The summed E-state index contributed by atoms with van der Waals surface area (Å²) < 4.78 is 5.34. The SMILES string of the molecule is CCNC(=NCCC1=CCOCC1)NCCc1cccc(C(=O)N(C)C)c1. The number of hydrogen-bond donors (Lipinski definition) is 2. The summed E-state index contributed by atoms with van der Waals surface area (Å²) >= 11 is 0. The lowest BCUT2D eigenvalue weighted by Gasteiger charge is -2.14. The van der Waals surface area contributed by atoms with Gasteiger partial charge in [-0.1, -0.05) is 23.8 Å². The summed E-state index contributed by atoms with van der Waals surface area (Å²) in [6, 6.07) is 7.81. The maximum Gasteiger partial charge on any atom is 0.253 e. The summed E-state index contributed by atoms with van der Waals surface area (Å²) in [5, 5.41) is 6.66. The zero-order chi connectivity index (χ0) is 19.5. The van der Waals surface area contributed by atoms with Crippen molar-refractivity contribution in [2.45, 2.75) is 26.2 Å². The second kappa shape index (κ2) is 11.4. The average molecular weight is 373 g/mol. The van der Waals surface area contributed by atoms with Crippen LogP contribution < -0.4 is 10.6 Å². The Hall–Kier alpha value is -2.34. The second-order valence-electron chi connectivity index (χ2n) is 6.77. The van der Waals surface area contributed by atoms with E-state index in [1.165, 1.54) is 5.57 Å². The smallest absolute Gasteiger partial charge is 0.253 e. The number of nitrogens with zero attached hydrogens (tertiary/aromatic N) is 2. The van der Waals surface area contributed by atoms with Gasteiger partial charge < -0.3 is 20.3 Å². The quantitative estimate of drug-likeness (QED) is 0.417. The highest BCUT2D eigenvalue weighted by molar-refractivity contribution is 5.94. The van der Waals surface area contributed by atoms with Crippen LogP contribution in [0.4, 0.5) is 0 Å². The minimum Gasteiger partial charge on any atom is -0.377 e. The van der Waals surface area contributed by atoms with Crippen molar-refractivity contribution in [2.24, 2.45) is 4.99 Å². The van der Waals surface area contributed by atoms with Gasteiger partial charge in [-0.2, -0.15) is 0 Å². The Morgan fingerprint density at radius 3 is 2.81 bits per heavy atom. The van der Waals surface area contributed by atoms with Gasteiger partial charge in [0, 0.05) is 39.3 Å². The number of amides is 1. The van der Waals surface area contributed by atoms with Crippen LogP contribution in [0.3, 0.4) is 0 Å². The first kappa shape index (κ1) is 21.0. The topological polar surface area (TPSA) is 66.0 Å². The Bertz CT molecular complexity index is 668. The summed E-state index contributed by atoms with van der Waals surface area (Å²) in [7, 11) is 3.54. The molecule has 0 aliphatic carbocycles. The van der Waals surface area contributed by atoms with E-state index in [2.05, 4.69) is 34.7 Å². The van der Waals surface area contributed by atoms with E-state index in [4.69, 9.17) is 4.74 Å². The Morgan fingerprint density at radius 2 is 2.11 bits per heavy atom. The number of guanidine groups is 1. The highest BCUT2D eigenvalue weighted by Gasteiger charge is 2.08. The Labute approximate surface area is 162 Å². The van der Waals surface area contributed by atoms with Gasteiger partial charge in [0.25, 0.3) is 5.91 Å². The van der Waals surface area contributed by atoms with Crippen LogP contribution in [0.1, 0.15) is 35.7 Å². The molecule has 1 aromatic carbocycles. The highest BCUT2D eigenvalue weighted by Crippen LogP contribution is 2.11. The molecule has 0 atom stereocenters. The van der Waals surface area contributed by atoms with E-state index < -0.39 is 0 Å². The fourth-order valence-electron chi connectivity index (χ4n) is 2.89. The largest absolute Gasteiger partial charge is 0.377 e. The van der Waals surface area contributed by atoms with E-state index in [0.717, 1.165) is 69.2 Å². The van der Waals surface area contributed by atoms with Crippen LogP contribution >= 0.6 is 0 Å². The number of benzene rings is 1. The van der Waals surface area contributed by atoms with Crippen LogP contribution in [0.25, 0.3) is 0 Å². The Balaban J connectivity index is 1.83. The molecule has 1 heterocycles. The van der Waals surface area contributed by atoms with Crippen LogP contribution in [-0.2, 0) is 11.2 Å². The molecule has 148 valence electrons. The van der Waals surface area contributed by atoms with Gasteiger partial charge in [-0.25, -0.2) is 0 Å². The molecule has 2 rings (SSSR count). The van der Waals surface area contributed by atoms with Crippen molar-refractivity contribution >= 4 is 11.9 Å². The predicted octanol–water partition coefficient (Wildman–Crippen LogP) is 2.22. The molecular formula is C21H32N4O2. The number of hydrogen-bond acceptors (Lipinski definition) is 3. The van der Waals surface area contributed by atoms with Gasteiger partial charge in [-0.05, 0) is 43.9 Å². The van der Waals surface area contributed by atoms with Crippen LogP contribution in [-0.4, -0.2) is 63.7 Å². The number of carbonyl (C=O) groups excluding carboxylic acids is 1. The molecule has 2 N–H and O–H groups in total. The zero-order valence-corrected chi connectivity index (χ0v) is 16.8. The van der Waals surface area contributed by atoms with E-state index in [9.17, 15) is 4.79 Å². The van der Waals surface area contributed by atoms with E-state index in [1.54, 1.807) is 19.0 Å². The van der Waals surface area contributed by atoms with E-state index >= 15 is 0 Å². The maximum atomic E-state index is 12.1. The average Bonchev–Trinajstić information content (AvgIpc) is 2.68. The summed E-state index contributed by atoms with van der Waals surface area (Å²) in [4.78, 5) is 18.3. The maximum absolute atomic E-state index is 12.1. The van der Waals surface area contributed by atoms with Crippen molar-refractivity contribution in [3.63, 3.8) is 0 Å². The first-order valence-electron chi connectivity index (χ1n) is 9.68. The van der Waals surface area contributed by atoms with Crippen molar-refractivity contribution < 1.29 is 9.53 Å². The van der Waals surface area contributed by atoms with Crippen molar-refractivity contribution in [3.05, 3.63) is 47.0 Å². The molecule has 6 nitrogen and oxygen atoms in total. The van der Waals surface area contributed by atoms with Crippen LogP contribution in [0.2, 0.25) is 0 Å². The highest BCUT2D eigenvalue weighted by atomic mass is 16.5. The Kier molecular flexibility index (Phi) is 8.84. The van der Waals surface area contributed by atoms with Gasteiger partial charge in [-0.15, -0.1) is 0 Å². The molecule has 0 aromatic heterocycles. The first-order chi connectivity index (χ1) is 13.1. The molecule has 0 fully saturated rings.